The second-order valence-corrected chi connectivity index (χ2v) is 6.43. The molecule has 0 saturated heterocycles. The first-order valence-corrected chi connectivity index (χ1v) is 8.03. The van der Waals surface area contributed by atoms with E-state index in [1.807, 2.05) is 60.7 Å². The number of rotatable bonds is 8. The van der Waals surface area contributed by atoms with Crippen LogP contribution in [0.3, 0.4) is 0 Å². The molecule has 0 radical (unpaired) electrons. The molecule has 0 heterocycles. The Labute approximate surface area is 139 Å². The molecule has 0 aliphatic rings. The van der Waals surface area contributed by atoms with Gasteiger partial charge in [0.15, 0.2) is 0 Å². The van der Waals surface area contributed by atoms with Crippen LogP contribution in [-0.2, 0) is 16.8 Å². The molecular weight excluding hydrogens is 284 g/mol. The molecule has 2 nitrogen and oxygen atoms in total. The van der Waals surface area contributed by atoms with E-state index in [1.165, 1.54) is 0 Å². The van der Waals surface area contributed by atoms with E-state index in [4.69, 9.17) is 4.74 Å². The van der Waals surface area contributed by atoms with Crippen molar-refractivity contribution in [3.05, 3.63) is 84.4 Å². The lowest BCUT2D eigenvalue weighted by atomic mass is 9.74. The Morgan fingerprint density at radius 1 is 1.04 bits per heavy atom. The van der Waals surface area contributed by atoms with Crippen molar-refractivity contribution in [2.75, 3.05) is 6.61 Å². The van der Waals surface area contributed by atoms with Gasteiger partial charge in [0.2, 0.25) is 0 Å². The van der Waals surface area contributed by atoms with Crippen LogP contribution in [0.15, 0.2) is 73.3 Å². The Balaban J connectivity index is 1.98. The molecule has 0 unspecified atom stereocenters. The number of benzene rings is 2. The van der Waals surface area contributed by atoms with Crippen LogP contribution in [0.1, 0.15) is 25.0 Å². The smallest absolute Gasteiger partial charge is 0.0717 e. The van der Waals surface area contributed by atoms with Crippen molar-refractivity contribution in [2.24, 2.45) is 5.92 Å². The first kappa shape index (κ1) is 17.5. The molecule has 0 aliphatic heterocycles. The van der Waals surface area contributed by atoms with Crippen LogP contribution in [0, 0.1) is 5.92 Å². The minimum absolute atomic E-state index is 0.117. The number of hydrogen-bond acceptors (Lipinski definition) is 2. The number of aliphatic hydroxyl groups is 1. The van der Waals surface area contributed by atoms with Gasteiger partial charge < -0.3 is 9.84 Å². The van der Waals surface area contributed by atoms with E-state index in [0.717, 1.165) is 11.1 Å². The highest BCUT2D eigenvalue weighted by Gasteiger charge is 2.34. The molecule has 0 aromatic heterocycles. The highest BCUT2D eigenvalue weighted by atomic mass is 16.5. The van der Waals surface area contributed by atoms with Gasteiger partial charge in [-0.2, -0.15) is 0 Å². The monoisotopic (exact) mass is 310 g/mol. The van der Waals surface area contributed by atoms with E-state index in [0.29, 0.717) is 13.2 Å². The van der Waals surface area contributed by atoms with Crippen molar-refractivity contribution in [3.8, 4) is 0 Å². The van der Waals surface area contributed by atoms with Gasteiger partial charge in [-0.1, -0.05) is 80.6 Å². The third-order valence-corrected chi connectivity index (χ3v) is 4.39. The minimum atomic E-state index is -0.557. The molecule has 0 bridgehead atoms. The minimum Gasteiger partial charge on any atom is -0.392 e. The molecule has 0 saturated carbocycles. The maximum atomic E-state index is 10.8. The first-order chi connectivity index (χ1) is 11.1. The van der Waals surface area contributed by atoms with Crippen molar-refractivity contribution in [3.63, 3.8) is 0 Å². The summed E-state index contributed by atoms with van der Waals surface area (Å²) >= 11 is 0. The Bertz CT molecular complexity index is 590. The molecule has 2 heteroatoms. The Morgan fingerprint density at radius 2 is 1.61 bits per heavy atom. The lowest BCUT2D eigenvalue weighted by molar-refractivity contribution is 0.00733. The second kappa shape index (κ2) is 8.09. The van der Waals surface area contributed by atoms with Crippen LogP contribution in [0.2, 0.25) is 0 Å². The fourth-order valence-corrected chi connectivity index (χ4v) is 2.75. The van der Waals surface area contributed by atoms with Crippen LogP contribution < -0.4 is 0 Å². The molecule has 0 aliphatic carbocycles. The van der Waals surface area contributed by atoms with Crippen molar-refractivity contribution in [1.29, 1.82) is 0 Å². The Hall–Kier alpha value is -1.90. The van der Waals surface area contributed by atoms with Crippen molar-refractivity contribution >= 4 is 0 Å². The van der Waals surface area contributed by atoms with E-state index in [1.54, 1.807) is 6.08 Å². The van der Waals surface area contributed by atoms with Crippen LogP contribution in [0.25, 0.3) is 0 Å². The largest absolute Gasteiger partial charge is 0.392 e. The topological polar surface area (TPSA) is 29.5 Å². The molecule has 0 fully saturated rings. The average Bonchev–Trinajstić information content (AvgIpc) is 2.60. The zero-order valence-corrected chi connectivity index (χ0v) is 14.0. The molecule has 2 atom stereocenters. The lowest BCUT2D eigenvalue weighted by Crippen LogP contribution is -2.40. The molecule has 23 heavy (non-hydrogen) atoms. The van der Waals surface area contributed by atoms with Gasteiger partial charge in [0, 0.05) is 11.3 Å². The molecule has 1 N–H and O–H groups in total. The van der Waals surface area contributed by atoms with Gasteiger partial charge >= 0.3 is 0 Å². The summed E-state index contributed by atoms with van der Waals surface area (Å²) in [5, 5.41) is 10.8. The molecule has 2 aromatic carbocycles. The molecule has 0 amide bonds. The lowest BCUT2D eigenvalue weighted by Gasteiger charge is -2.35. The Kier molecular flexibility index (Phi) is 6.14. The quantitative estimate of drug-likeness (QED) is 0.735. The van der Waals surface area contributed by atoms with Crippen molar-refractivity contribution < 1.29 is 9.84 Å². The average molecular weight is 310 g/mol. The second-order valence-electron chi connectivity index (χ2n) is 6.43. The number of hydrogen-bond donors (Lipinski definition) is 1. The van der Waals surface area contributed by atoms with Gasteiger partial charge in [-0.3, -0.25) is 0 Å². The van der Waals surface area contributed by atoms with Gasteiger partial charge in [-0.05, 0) is 11.1 Å². The summed E-state index contributed by atoms with van der Waals surface area (Å²) in [6.07, 6.45) is 1.23. The molecular formula is C21H26O2. The third kappa shape index (κ3) is 4.54. The maximum Gasteiger partial charge on any atom is 0.0717 e. The predicted octanol–water partition coefficient (Wildman–Crippen LogP) is 4.34. The fraction of sp³-hybridized carbons (Fsp3) is 0.333. The third-order valence-electron chi connectivity index (χ3n) is 4.39. The summed E-state index contributed by atoms with van der Waals surface area (Å²) < 4.78 is 5.79. The molecule has 122 valence electrons. The normalized spacial score (nSPS) is 14.2. The summed E-state index contributed by atoms with van der Waals surface area (Å²) in [5.41, 5.74) is 1.88. The van der Waals surface area contributed by atoms with E-state index in [-0.39, 0.29) is 11.3 Å². The SMILES string of the molecule is C=C[C@H](COCc1ccccc1)[C@@H](O)C(C)(C)c1ccccc1. The summed E-state index contributed by atoms with van der Waals surface area (Å²) in [6, 6.07) is 20.1. The summed E-state index contributed by atoms with van der Waals surface area (Å²) in [4.78, 5) is 0. The van der Waals surface area contributed by atoms with E-state index < -0.39 is 6.10 Å². The van der Waals surface area contributed by atoms with Crippen molar-refractivity contribution in [2.45, 2.75) is 32.0 Å². The summed E-state index contributed by atoms with van der Waals surface area (Å²) in [6.45, 7) is 8.99. The highest BCUT2D eigenvalue weighted by Crippen LogP contribution is 2.31. The van der Waals surface area contributed by atoms with Crippen LogP contribution in [0.5, 0.6) is 0 Å². The van der Waals surface area contributed by atoms with Gasteiger partial charge in [0.1, 0.15) is 0 Å². The first-order valence-electron chi connectivity index (χ1n) is 8.03. The van der Waals surface area contributed by atoms with Gasteiger partial charge in [0.25, 0.3) is 0 Å². The van der Waals surface area contributed by atoms with E-state index >= 15 is 0 Å². The zero-order valence-electron chi connectivity index (χ0n) is 14.0. The highest BCUT2D eigenvalue weighted by molar-refractivity contribution is 5.26. The Morgan fingerprint density at radius 3 is 2.17 bits per heavy atom. The van der Waals surface area contributed by atoms with E-state index in [2.05, 4.69) is 20.4 Å². The summed E-state index contributed by atoms with van der Waals surface area (Å²) in [5.74, 6) is -0.117. The molecule has 0 spiro atoms. The van der Waals surface area contributed by atoms with Gasteiger partial charge in [-0.25, -0.2) is 0 Å². The maximum absolute atomic E-state index is 10.8. The zero-order chi connectivity index (χ0) is 16.7. The number of ether oxygens (including phenoxy) is 1. The number of aliphatic hydroxyl groups excluding tert-OH is 1. The van der Waals surface area contributed by atoms with Gasteiger partial charge in [-0.15, -0.1) is 6.58 Å². The standard InChI is InChI=1S/C21H26O2/c1-4-18(16-23-15-17-11-7-5-8-12-17)20(22)21(2,3)19-13-9-6-10-14-19/h4-14,18,20,22H,1,15-16H2,2-3H3/t18-,20-/m1/s1. The summed E-state index contributed by atoms with van der Waals surface area (Å²) in [7, 11) is 0. The van der Waals surface area contributed by atoms with Crippen LogP contribution in [0.4, 0.5) is 0 Å². The van der Waals surface area contributed by atoms with E-state index in [9.17, 15) is 5.11 Å². The fourth-order valence-electron chi connectivity index (χ4n) is 2.75. The molecule has 2 aromatic rings. The predicted molar refractivity (Wildman–Crippen MR) is 95.3 cm³/mol. The van der Waals surface area contributed by atoms with Crippen LogP contribution in [-0.4, -0.2) is 17.8 Å². The molecule has 2 rings (SSSR count). The van der Waals surface area contributed by atoms with Crippen molar-refractivity contribution in [1.82, 2.24) is 0 Å². The van der Waals surface area contributed by atoms with Gasteiger partial charge in [0.05, 0.1) is 19.3 Å². The van der Waals surface area contributed by atoms with Crippen LogP contribution >= 0.6 is 0 Å².